The van der Waals surface area contributed by atoms with Crippen molar-refractivity contribution in [2.24, 2.45) is 0 Å². The van der Waals surface area contributed by atoms with Gasteiger partial charge in [0.25, 0.3) is 5.91 Å². The van der Waals surface area contributed by atoms with E-state index in [0.29, 0.717) is 31.0 Å². The van der Waals surface area contributed by atoms with E-state index in [9.17, 15) is 4.79 Å². The van der Waals surface area contributed by atoms with Crippen LogP contribution in [-0.2, 0) is 6.54 Å². The number of ether oxygens (including phenoxy) is 1. The molecule has 0 unspecified atom stereocenters. The molecule has 5 heteroatoms. The van der Waals surface area contributed by atoms with Crippen LogP contribution >= 0.6 is 0 Å². The molecule has 0 bridgehead atoms. The summed E-state index contributed by atoms with van der Waals surface area (Å²) in [5.41, 5.74) is 2.68. The lowest BCUT2D eigenvalue weighted by Gasteiger charge is -2.29. The monoisotopic (exact) mass is 337 g/mol. The standard InChI is InChI=1S/C20H23N3O2/c24-20-18-14-17(22-10-4-1-5-11-22)7-8-19(18)25-13-12-23(20)15-16-6-2-3-9-21-16/h2-3,6-9,14H,1,4-5,10-13,15H2. The van der Waals surface area contributed by atoms with Crippen molar-refractivity contribution in [1.29, 1.82) is 0 Å². The van der Waals surface area contributed by atoms with E-state index in [0.717, 1.165) is 24.5 Å². The molecule has 4 rings (SSSR count). The normalized spacial score (nSPS) is 17.7. The minimum Gasteiger partial charge on any atom is -0.491 e. The van der Waals surface area contributed by atoms with Gasteiger partial charge in [0.1, 0.15) is 12.4 Å². The van der Waals surface area contributed by atoms with Crippen molar-refractivity contribution in [3.8, 4) is 5.75 Å². The fourth-order valence-electron chi connectivity index (χ4n) is 3.54. The predicted octanol–water partition coefficient (Wildman–Crippen LogP) is 3.11. The van der Waals surface area contributed by atoms with E-state index in [4.69, 9.17) is 4.74 Å². The van der Waals surface area contributed by atoms with Crippen molar-refractivity contribution in [1.82, 2.24) is 9.88 Å². The molecule has 1 amide bonds. The van der Waals surface area contributed by atoms with Crippen molar-refractivity contribution in [2.75, 3.05) is 31.1 Å². The molecule has 130 valence electrons. The number of piperidine rings is 1. The van der Waals surface area contributed by atoms with E-state index in [-0.39, 0.29) is 5.91 Å². The lowest BCUT2D eigenvalue weighted by atomic mass is 10.1. The van der Waals surface area contributed by atoms with Crippen molar-refractivity contribution in [3.05, 3.63) is 53.9 Å². The molecule has 5 nitrogen and oxygen atoms in total. The highest BCUT2D eigenvalue weighted by molar-refractivity contribution is 5.98. The van der Waals surface area contributed by atoms with Gasteiger partial charge < -0.3 is 14.5 Å². The largest absolute Gasteiger partial charge is 0.491 e. The predicted molar refractivity (Wildman–Crippen MR) is 97.0 cm³/mol. The maximum absolute atomic E-state index is 13.1. The van der Waals surface area contributed by atoms with Gasteiger partial charge in [-0.2, -0.15) is 0 Å². The van der Waals surface area contributed by atoms with Gasteiger partial charge in [0, 0.05) is 25.0 Å². The number of nitrogens with zero attached hydrogens (tertiary/aromatic N) is 3. The molecule has 2 aromatic rings. The zero-order valence-corrected chi connectivity index (χ0v) is 14.4. The van der Waals surface area contributed by atoms with E-state index in [1.54, 1.807) is 6.20 Å². The maximum Gasteiger partial charge on any atom is 0.258 e. The van der Waals surface area contributed by atoms with E-state index in [1.165, 1.54) is 19.3 Å². The Morgan fingerprint density at radius 1 is 1.04 bits per heavy atom. The van der Waals surface area contributed by atoms with Crippen molar-refractivity contribution in [3.63, 3.8) is 0 Å². The number of carbonyl (C=O) groups excluding carboxylic acids is 1. The van der Waals surface area contributed by atoms with Crippen molar-refractivity contribution >= 4 is 11.6 Å². The first kappa shape index (κ1) is 15.9. The fraction of sp³-hybridized carbons (Fsp3) is 0.400. The lowest BCUT2D eigenvalue weighted by molar-refractivity contribution is 0.0741. The summed E-state index contributed by atoms with van der Waals surface area (Å²) in [7, 11) is 0. The fourth-order valence-corrected chi connectivity index (χ4v) is 3.54. The van der Waals surface area contributed by atoms with Crippen LogP contribution in [0.15, 0.2) is 42.6 Å². The molecule has 1 saturated heterocycles. The molecule has 1 fully saturated rings. The lowest BCUT2D eigenvalue weighted by Crippen LogP contribution is -2.32. The SMILES string of the molecule is O=C1c2cc(N3CCCCC3)ccc2OCCN1Cc1ccccn1. The van der Waals surface area contributed by atoms with Crippen LogP contribution in [0.2, 0.25) is 0 Å². The Hall–Kier alpha value is -2.56. The summed E-state index contributed by atoms with van der Waals surface area (Å²) in [5, 5.41) is 0. The van der Waals surface area contributed by atoms with E-state index >= 15 is 0 Å². The van der Waals surface area contributed by atoms with Gasteiger partial charge in [-0.1, -0.05) is 6.07 Å². The van der Waals surface area contributed by atoms with Crippen LogP contribution in [0.25, 0.3) is 0 Å². The van der Waals surface area contributed by atoms with Crippen LogP contribution in [0.5, 0.6) is 5.75 Å². The number of fused-ring (bicyclic) bond motifs is 1. The summed E-state index contributed by atoms with van der Waals surface area (Å²) in [5.74, 6) is 0.714. The quantitative estimate of drug-likeness (QED) is 0.863. The second-order valence-electron chi connectivity index (χ2n) is 6.62. The molecule has 1 aromatic heterocycles. The first-order valence-electron chi connectivity index (χ1n) is 9.02. The maximum atomic E-state index is 13.1. The Labute approximate surface area is 148 Å². The van der Waals surface area contributed by atoms with Gasteiger partial charge in [-0.25, -0.2) is 0 Å². The number of carbonyl (C=O) groups is 1. The van der Waals surface area contributed by atoms with Gasteiger partial charge in [-0.05, 0) is 49.6 Å². The number of anilines is 1. The van der Waals surface area contributed by atoms with E-state index in [1.807, 2.05) is 35.2 Å². The Morgan fingerprint density at radius 2 is 1.92 bits per heavy atom. The van der Waals surface area contributed by atoms with Crippen molar-refractivity contribution < 1.29 is 9.53 Å². The summed E-state index contributed by atoms with van der Waals surface area (Å²) in [6, 6.07) is 11.8. The third kappa shape index (κ3) is 3.45. The van der Waals surface area contributed by atoms with Crippen LogP contribution < -0.4 is 9.64 Å². The topological polar surface area (TPSA) is 45.7 Å². The zero-order chi connectivity index (χ0) is 17.1. The number of hydrogen-bond acceptors (Lipinski definition) is 4. The third-order valence-corrected chi connectivity index (χ3v) is 4.90. The van der Waals surface area contributed by atoms with Crippen LogP contribution in [0.1, 0.15) is 35.3 Å². The molecule has 2 aliphatic rings. The summed E-state index contributed by atoms with van der Waals surface area (Å²) >= 11 is 0. The van der Waals surface area contributed by atoms with Crippen LogP contribution in [0.4, 0.5) is 5.69 Å². The third-order valence-electron chi connectivity index (χ3n) is 4.90. The van der Waals surface area contributed by atoms with Gasteiger partial charge in [0.05, 0.1) is 24.3 Å². The Bertz CT molecular complexity index is 742. The molecular formula is C20H23N3O2. The molecule has 0 atom stereocenters. The van der Waals surface area contributed by atoms with Crippen molar-refractivity contribution in [2.45, 2.75) is 25.8 Å². The highest BCUT2D eigenvalue weighted by Crippen LogP contribution is 2.30. The van der Waals surface area contributed by atoms with Gasteiger partial charge in [0.2, 0.25) is 0 Å². The molecule has 0 saturated carbocycles. The second-order valence-corrected chi connectivity index (χ2v) is 6.62. The molecule has 2 aliphatic heterocycles. The average Bonchev–Trinajstić information content (AvgIpc) is 2.82. The molecule has 1 aromatic carbocycles. The number of hydrogen-bond donors (Lipinski definition) is 0. The van der Waals surface area contributed by atoms with Gasteiger partial charge in [-0.15, -0.1) is 0 Å². The van der Waals surface area contributed by atoms with Crippen LogP contribution in [0.3, 0.4) is 0 Å². The smallest absolute Gasteiger partial charge is 0.258 e. The molecule has 0 radical (unpaired) electrons. The van der Waals surface area contributed by atoms with Gasteiger partial charge in [-0.3, -0.25) is 9.78 Å². The molecule has 25 heavy (non-hydrogen) atoms. The second kappa shape index (κ2) is 7.13. The Balaban J connectivity index is 1.59. The number of rotatable bonds is 3. The Morgan fingerprint density at radius 3 is 2.72 bits per heavy atom. The number of amides is 1. The summed E-state index contributed by atoms with van der Waals surface area (Å²) < 4.78 is 5.83. The Kier molecular flexibility index (Phi) is 4.55. The van der Waals surface area contributed by atoms with Crippen LogP contribution in [-0.4, -0.2) is 42.0 Å². The average molecular weight is 337 g/mol. The molecular weight excluding hydrogens is 314 g/mol. The summed E-state index contributed by atoms with van der Waals surface area (Å²) in [6.07, 6.45) is 5.48. The zero-order valence-electron chi connectivity index (χ0n) is 14.4. The molecule has 0 spiro atoms. The van der Waals surface area contributed by atoms with Crippen LogP contribution in [0, 0.1) is 0 Å². The van der Waals surface area contributed by atoms with E-state index < -0.39 is 0 Å². The highest BCUT2D eigenvalue weighted by atomic mass is 16.5. The van der Waals surface area contributed by atoms with E-state index in [2.05, 4.69) is 16.0 Å². The number of pyridine rings is 1. The highest BCUT2D eigenvalue weighted by Gasteiger charge is 2.25. The minimum absolute atomic E-state index is 0.0250. The van der Waals surface area contributed by atoms with Gasteiger partial charge >= 0.3 is 0 Å². The molecule has 0 aliphatic carbocycles. The number of aromatic nitrogens is 1. The first-order valence-corrected chi connectivity index (χ1v) is 9.02. The summed E-state index contributed by atoms with van der Waals surface area (Å²) in [4.78, 5) is 21.6. The van der Waals surface area contributed by atoms with Gasteiger partial charge in [0.15, 0.2) is 0 Å². The molecule has 3 heterocycles. The molecule has 0 N–H and O–H groups in total. The number of benzene rings is 1. The first-order chi connectivity index (χ1) is 12.3. The summed E-state index contributed by atoms with van der Waals surface area (Å²) in [6.45, 7) is 3.71. The minimum atomic E-state index is 0.0250.